The van der Waals surface area contributed by atoms with Crippen LogP contribution in [0.3, 0.4) is 0 Å². The van der Waals surface area contributed by atoms with Crippen LogP contribution in [-0.2, 0) is 14.3 Å². The molecule has 0 aromatic carbocycles. The Morgan fingerprint density at radius 1 is 1.32 bits per heavy atom. The minimum Gasteiger partial charge on any atom is -0.475 e. The molecule has 0 bridgehead atoms. The minimum absolute atomic E-state index is 0.161. The standard InChI is InChI=1S/C16H26N2O4/c1-5-9-16(3,22-6-2)15(19)18-13-7-8-14(17-12-13)21-11-10-20-4/h7-8,12H,5-6,9-11H2,1-4H3,(H,18,19)/t16-/m0/s1. The predicted molar refractivity (Wildman–Crippen MR) is 85.2 cm³/mol. The normalized spacial score (nSPS) is 13.5. The first kappa shape index (κ1) is 18.4. The summed E-state index contributed by atoms with van der Waals surface area (Å²) in [5.74, 6) is 0.335. The maximum Gasteiger partial charge on any atom is 0.256 e. The zero-order valence-corrected chi connectivity index (χ0v) is 13.8. The average molecular weight is 310 g/mol. The third-order valence-electron chi connectivity index (χ3n) is 3.20. The molecule has 0 saturated heterocycles. The van der Waals surface area contributed by atoms with Gasteiger partial charge in [-0.05, 0) is 26.3 Å². The van der Waals surface area contributed by atoms with Crippen LogP contribution in [0.4, 0.5) is 5.69 Å². The molecule has 0 aliphatic heterocycles. The summed E-state index contributed by atoms with van der Waals surface area (Å²) in [6.07, 6.45) is 3.10. The van der Waals surface area contributed by atoms with Gasteiger partial charge in [0.1, 0.15) is 12.2 Å². The molecule has 0 unspecified atom stereocenters. The predicted octanol–water partition coefficient (Wildman–Crippen LogP) is 2.64. The number of nitrogens with one attached hydrogen (secondary N) is 1. The highest BCUT2D eigenvalue weighted by Gasteiger charge is 2.32. The Kier molecular flexibility index (Phi) is 7.84. The number of rotatable bonds is 10. The zero-order chi connectivity index (χ0) is 16.4. The first-order chi connectivity index (χ1) is 10.6. The summed E-state index contributed by atoms with van der Waals surface area (Å²) in [6, 6.07) is 3.47. The summed E-state index contributed by atoms with van der Waals surface area (Å²) in [6.45, 7) is 7.16. The lowest BCUT2D eigenvalue weighted by Crippen LogP contribution is -2.42. The van der Waals surface area contributed by atoms with Crippen LogP contribution in [0, 0.1) is 0 Å². The highest BCUT2D eigenvalue weighted by molar-refractivity contribution is 5.96. The van der Waals surface area contributed by atoms with Gasteiger partial charge in [0.25, 0.3) is 5.91 Å². The van der Waals surface area contributed by atoms with Gasteiger partial charge in [-0.3, -0.25) is 4.79 Å². The smallest absolute Gasteiger partial charge is 0.256 e. The Morgan fingerprint density at radius 3 is 2.64 bits per heavy atom. The van der Waals surface area contributed by atoms with Gasteiger partial charge in [0, 0.05) is 19.8 Å². The molecule has 0 saturated carbocycles. The fraction of sp³-hybridized carbons (Fsp3) is 0.625. The van der Waals surface area contributed by atoms with Crippen LogP contribution in [0.1, 0.15) is 33.6 Å². The van der Waals surface area contributed by atoms with Gasteiger partial charge in [0.05, 0.1) is 18.5 Å². The number of carbonyl (C=O) groups is 1. The van der Waals surface area contributed by atoms with E-state index in [1.807, 2.05) is 20.8 Å². The van der Waals surface area contributed by atoms with Crippen LogP contribution >= 0.6 is 0 Å². The van der Waals surface area contributed by atoms with Gasteiger partial charge in [0.2, 0.25) is 5.88 Å². The van der Waals surface area contributed by atoms with Gasteiger partial charge >= 0.3 is 0 Å². The summed E-state index contributed by atoms with van der Waals surface area (Å²) >= 11 is 0. The van der Waals surface area contributed by atoms with E-state index in [-0.39, 0.29) is 5.91 Å². The second-order valence-electron chi connectivity index (χ2n) is 5.09. The van der Waals surface area contributed by atoms with Gasteiger partial charge in [-0.2, -0.15) is 0 Å². The zero-order valence-electron chi connectivity index (χ0n) is 13.8. The van der Waals surface area contributed by atoms with Gasteiger partial charge in [-0.25, -0.2) is 4.98 Å². The first-order valence-corrected chi connectivity index (χ1v) is 7.59. The van der Waals surface area contributed by atoms with E-state index >= 15 is 0 Å². The summed E-state index contributed by atoms with van der Waals surface area (Å²) in [4.78, 5) is 16.5. The molecular weight excluding hydrogens is 284 g/mol. The van der Waals surface area contributed by atoms with E-state index in [1.165, 1.54) is 0 Å². The molecule has 0 aliphatic rings. The van der Waals surface area contributed by atoms with Gasteiger partial charge in [-0.15, -0.1) is 0 Å². The number of anilines is 1. The number of methoxy groups -OCH3 is 1. The van der Waals surface area contributed by atoms with Crippen molar-refractivity contribution in [3.05, 3.63) is 18.3 Å². The van der Waals surface area contributed by atoms with Crippen molar-refractivity contribution in [2.75, 3.05) is 32.2 Å². The van der Waals surface area contributed by atoms with E-state index in [0.717, 1.165) is 6.42 Å². The summed E-state index contributed by atoms with van der Waals surface area (Å²) in [5.41, 5.74) is -0.206. The number of ether oxygens (including phenoxy) is 3. The Morgan fingerprint density at radius 2 is 2.09 bits per heavy atom. The van der Waals surface area contributed by atoms with Crippen LogP contribution in [0.2, 0.25) is 0 Å². The molecule has 1 N–H and O–H groups in total. The lowest BCUT2D eigenvalue weighted by molar-refractivity contribution is -0.139. The molecule has 1 heterocycles. The molecule has 1 atom stereocenters. The van der Waals surface area contributed by atoms with Crippen molar-refractivity contribution in [3.8, 4) is 5.88 Å². The minimum atomic E-state index is -0.822. The van der Waals surface area contributed by atoms with Crippen LogP contribution in [0.25, 0.3) is 0 Å². The SMILES string of the molecule is CCC[C@](C)(OCC)C(=O)Nc1ccc(OCCOC)nc1. The van der Waals surface area contributed by atoms with Gasteiger partial charge in [0.15, 0.2) is 0 Å². The topological polar surface area (TPSA) is 69.7 Å². The third kappa shape index (κ3) is 5.61. The van der Waals surface area contributed by atoms with Crippen molar-refractivity contribution in [1.29, 1.82) is 0 Å². The molecule has 1 rings (SSSR count). The van der Waals surface area contributed by atoms with E-state index < -0.39 is 5.60 Å². The number of pyridine rings is 1. The fourth-order valence-electron chi connectivity index (χ4n) is 2.08. The quantitative estimate of drug-likeness (QED) is 0.673. The Bertz CT molecular complexity index is 442. The number of amides is 1. The molecule has 0 aliphatic carbocycles. The molecule has 22 heavy (non-hydrogen) atoms. The largest absolute Gasteiger partial charge is 0.475 e. The molecule has 6 heteroatoms. The number of hydrogen-bond acceptors (Lipinski definition) is 5. The van der Waals surface area contributed by atoms with E-state index in [1.54, 1.807) is 25.4 Å². The van der Waals surface area contributed by atoms with Crippen molar-refractivity contribution in [1.82, 2.24) is 4.98 Å². The van der Waals surface area contributed by atoms with Crippen molar-refractivity contribution in [2.45, 2.75) is 39.2 Å². The van der Waals surface area contributed by atoms with Crippen molar-refractivity contribution >= 4 is 11.6 Å². The van der Waals surface area contributed by atoms with Crippen molar-refractivity contribution in [3.63, 3.8) is 0 Å². The number of carbonyl (C=O) groups excluding carboxylic acids is 1. The van der Waals surface area contributed by atoms with Crippen LogP contribution < -0.4 is 10.1 Å². The Balaban J connectivity index is 2.63. The fourth-order valence-corrected chi connectivity index (χ4v) is 2.08. The van der Waals surface area contributed by atoms with Crippen LogP contribution in [0.5, 0.6) is 5.88 Å². The molecular formula is C16H26N2O4. The second kappa shape index (κ2) is 9.38. The van der Waals surface area contributed by atoms with Crippen molar-refractivity contribution in [2.24, 2.45) is 0 Å². The molecule has 1 aromatic heterocycles. The first-order valence-electron chi connectivity index (χ1n) is 7.59. The Labute approximate surface area is 132 Å². The summed E-state index contributed by atoms with van der Waals surface area (Å²) in [5, 5.41) is 2.84. The van der Waals surface area contributed by atoms with Crippen LogP contribution in [-0.4, -0.2) is 43.4 Å². The monoisotopic (exact) mass is 310 g/mol. The molecule has 1 aromatic rings. The number of aromatic nitrogens is 1. The highest BCUT2D eigenvalue weighted by atomic mass is 16.5. The summed E-state index contributed by atoms with van der Waals surface area (Å²) < 4.78 is 15.9. The summed E-state index contributed by atoms with van der Waals surface area (Å²) in [7, 11) is 1.61. The van der Waals surface area contributed by atoms with Gasteiger partial charge < -0.3 is 19.5 Å². The lowest BCUT2D eigenvalue weighted by atomic mass is 9.99. The van der Waals surface area contributed by atoms with Gasteiger partial charge in [-0.1, -0.05) is 13.3 Å². The van der Waals surface area contributed by atoms with Crippen molar-refractivity contribution < 1.29 is 19.0 Å². The average Bonchev–Trinajstić information content (AvgIpc) is 2.50. The maximum atomic E-state index is 12.4. The molecule has 0 radical (unpaired) electrons. The van der Waals surface area contributed by atoms with E-state index in [2.05, 4.69) is 10.3 Å². The molecule has 6 nitrogen and oxygen atoms in total. The van der Waals surface area contributed by atoms with E-state index in [9.17, 15) is 4.79 Å². The Hall–Kier alpha value is -1.66. The molecule has 124 valence electrons. The van der Waals surface area contributed by atoms with E-state index in [4.69, 9.17) is 14.2 Å². The van der Waals surface area contributed by atoms with Crippen LogP contribution in [0.15, 0.2) is 18.3 Å². The lowest BCUT2D eigenvalue weighted by Gasteiger charge is -2.27. The third-order valence-corrected chi connectivity index (χ3v) is 3.20. The highest BCUT2D eigenvalue weighted by Crippen LogP contribution is 2.21. The second-order valence-corrected chi connectivity index (χ2v) is 5.09. The van der Waals surface area contributed by atoms with E-state index in [0.29, 0.717) is 37.8 Å². The molecule has 1 amide bonds. The molecule has 0 fully saturated rings. The maximum absolute atomic E-state index is 12.4. The molecule has 0 spiro atoms. The number of hydrogen-bond donors (Lipinski definition) is 1. The number of nitrogens with zero attached hydrogens (tertiary/aromatic N) is 1.